The number of nitrogens with zero attached hydrogens (tertiary/aromatic N) is 2. The van der Waals surface area contributed by atoms with Crippen LogP contribution < -0.4 is 0 Å². The summed E-state index contributed by atoms with van der Waals surface area (Å²) in [4.78, 5) is 25.9. The molecule has 2 rings (SSSR count). The van der Waals surface area contributed by atoms with Crippen LogP contribution in [0.2, 0.25) is 0 Å². The molecule has 0 spiro atoms. The maximum absolute atomic E-state index is 12.5. The number of carboxylic acids is 1. The predicted molar refractivity (Wildman–Crippen MR) is 87.4 cm³/mol. The molecule has 0 radical (unpaired) electrons. The number of hydrogen-bond acceptors (Lipinski definition) is 4. The van der Waals surface area contributed by atoms with E-state index in [2.05, 4.69) is 6.07 Å². The van der Waals surface area contributed by atoms with Gasteiger partial charge >= 0.3 is 12.1 Å². The Kier molecular flexibility index (Phi) is 4.83. The van der Waals surface area contributed by atoms with Gasteiger partial charge in [-0.05, 0) is 45.2 Å². The van der Waals surface area contributed by atoms with Crippen molar-refractivity contribution in [1.82, 2.24) is 4.90 Å². The molecule has 6 heteroatoms. The molecule has 1 heterocycles. The number of rotatable bonds is 3. The minimum atomic E-state index is -1.38. The molecule has 6 nitrogen and oxygen atoms in total. The van der Waals surface area contributed by atoms with Crippen molar-refractivity contribution in [3.05, 3.63) is 35.4 Å². The number of carbonyl (C=O) groups is 2. The summed E-state index contributed by atoms with van der Waals surface area (Å²) < 4.78 is 5.38. The summed E-state index contributed by atoms with van der Waals surface area (Å²) in [6, 6.07) is 8.96. The molecule has 1 N–H and O–H groups in total. The van der Waals surface area contributed by atoms with Crippen LogP contribution in [0.1, 0.15) is 44.7 Å². The van der Waals surface area contributed by atoms with Gasteiger partial charge < -0.3 is 9.84 Å². The zero-order valence-corrected chi connectivity index (χ0v) is 14.2. The van der Waals surface area contributed by atoms with Crippen molar-refractivity contribution < 1.29 is 19.4 Å². The zero-order chi connectivity index (χ0) is 18.0. The van der Waals surface area contributed by atoms with E-state index in [1.54, 1.807) is 45.0 Å². The second kappa shape index (κ2) is 6.52. The van der Waals surface area contributed by atoms with Gasteiger partial charge in [0, 0.05) is 13.0 Å². The van der Waals surface area contributed by atoms with E-state index in [1.807, 2.05) is 0 Å². The molecule has 1 aromatic rings. The SMILES string of the molecule is CC(C)(C)OC(=O)N1CCCC1(Cc1ccccc1C#N)C(=O)O. The molecule has 1 unspecified atom stereocenters. The molecule has 1 aromatic carbocycles. The number of ether oxygens (including phenoxy) is 1. The van der Waals surface area contributed by atoms with Crippen LogP contribution in [-0.4, -0.2) is 39.8 Å². The molecule has 0 aromatic heterocycles. The van der Waals surface area contributed by atoms with Gasteiger partial charge in [0.15, 0.2) is 0 Å². The predicted octanol–water partition coefficient (Wildman–Crippen LogP) is 2.96. The molecule has 1 saturated heterocycles. The van der Waals surface area contributed by atoms with Crippen LogP contribution in [0.5, 0.6) is 0 Å². The zero-order valence-electron chi connectivity index (χ0n) is 14.2. The molecule has 1 fully saturated rings. The fourth-order valence-electron chi connectivity index (χ4n) is 3.04. The Morgan fingerprint density at radius 3 is 2.62 bits per heavy atom. The number of benzene rings is 1. The molecule has 1 aliphatic heterocycles. The van der Waals surface area contributed by atoms with Crippen LogP contribution in [0.25, 0.3) is 0 Å². The van der Waals surface area contributed by atoms with Gasteiger partial charge in [0.2, 0.25) is 0 Å². The lowest BCUT2D eigenvalue weighted by atomic mass is 9.86. The number of likely N-dealkylation sites (tertiary alicyclic amines) is 1. The van der Waals surface area contributed by atoms with E-state index in [9.17, 15) is 20.0 Å². The van der Waals surface area contributed by atoms with Gasteiger partial charge in [0.05, 0.1) is 11.6 Å². The van der Waals surface area contributed by atoms with Crippen LogP contribution in [0.4, 0.5) is 4.79 Å². The number of aliphatic carboxylic acids is 1. The van der Waals surface area contributed by atoms with Crippen LogP contribution in [0.3, 0.4) is 0 Å². The number of nitriles is 1. The van der Waals surface area contributed by atoms with Gasteiger partial charge in [-0.1, -0.05) is 18.2 Å². The Balaban J connectivity index is 2.38. The van der Waals surface area contributed by atoms with Crippen molar-refractivity contribution in [3.63, 3.8) is 0 Å². The Hall–Kier alpha value is -2.55. The van der Waals surface area contributed by atoms with E-state index in [1.165, 1.54) is 4.90 Å². The first-order valence-electron chi connectivity index (χ1n) is 7.92. The Labute approximate surface area is 141 Å². The molecular weight excluding hydrogens is 308 g/mol. The van der Waals surface area contributed by atoms with Crippen molar-refractivity contribution in [1.29, 1.82) is 5.26 Å². The Bertz CT molecular complexity index is 687. The van der Waals surface area contributed by atoms with Crippen LogP contribution in [-0.2, 0) is 16.0 Å². The molecule has 0 aliphatic carbocycles. The summed E-state index contributed by atoms with van der Waals surface area (Å²) in [5.41, 5.74) is -1.03. The monoisotopic (exact) mass is 330 g/mol. The first-order chi connectivity index (χ1) is 11.2. The fraction of sp³-hybridized carbons (Fsp3) is 0.500. The van der Waals surface area contributed by atoms with Crippen LogP contribution in [0, 0.1) is 11.3 Å². The molecule has 1 atom stereocenters. The highest BCUT2D eigenvalue weighted by Gasteiger charge is 2.51. The molecule has 1 aliphatic rings. The first kappa shape index (κ1) is 17.8. The number of carboxylic acid groups (broad SMARTS) is 1. The van der Waals surface area contributed by atoms with Crippen molar-refractivity contribution >= 4 is 12.1 Å². The number of amides is 1. The summed E-state index contributed by atoms with van der Waals surface area (Å²) in [5.74, 6) is -1.07. The second-order valence-corrected chi connectivity index (χ2v) is 7.02. The van der Waals surface area contributed by atoms with Gasteiger partial charge in [-0.25, -0.2) is 9.59 Å². The molecule has 1 amide bonds. The smallest absolute Gasteiger partial charge is 0.411 e. The molecule has 0 bridgehead atoms. The van der Waals surface area contributed by atoms with E-state index in [4.69, 9.17) is 4.74 Å². The minimum absolute atomic E-state index is 0.0886. The Morgan fingerprint density at radius 2 is 2.04 bits per heavy atom. The lowest BCUT2D eigenvalue weighted by Crippen LogP contribution is -2.55. The largest absolute Gasteiger partial charge is 0.479 e. The average Bonchev–Trinajstić information content (AvgIpc) is 2.91. The summed E-state index contributed by atoms with van der Waals surface area (Å²) in [6.45, 7) is 5.56. The van der Waals surface area contributed by atoms with Gasteiger partial charge in [-0.3, -0.25) is 4.90 Å². The topological polar surface area (TPSA) is 90.6 Å². The summed E-state index contributed by atoms with van der Waals surface area (Å²) in [7, 11) is 0. The summed E-state index contributed by atoms with van der Waals surface area (Å²) in [5, 5.41) is 19.1. The highest BCUT2D eigenvalue weighted by atomic mass is 16.6. The quantitative estimate of drug-likeness (QED) is 0.920. The highest BCUT2D eigenvalue weighted by Crippen LogP contribution is 2.35. The summed E-state index contributed by atoms with van der Waals surface area (Å²) >= 11 is 0. The standard InChI is InChI=1S/C18H22N2O4/c1-17(2,3)24-16(23)20-10-6-9-18(20,15(21)22)11-13-7-4-5-8-14(13)12-19/h4-5,7-8H,6,9-11H2,1-3H3,(H,21,22). The normalized spacial score (nSPS) is 20.5. The first-order valence-corrected chi connectivity index (χ1v) is 7.92. The van der Waals surface area contributed by atoms with Gasteiger partial charge in [0.1, 0.15) is 11.1 Å². The molecular formula is C18H22N2O4. The van der Waals surface area contributed by atoms with Gasteiger partial charge in [-0.15, -0.1) is 0 Å². The Morgan fingerprint density at radius 1 is 1.38 bits per heavy atom. The third kappa shape index (κ3) is 3.51. The molecule has 128 valence electrons. The third-order valence-electron chi connectivity index (χ3n) is 4.12. The van der Waals surface area contributed by atoms with Gasteiger partial charge in [-0.2, -0.15) is 5.26 Å². The van der Waals surface area contributed by atoms with E-state index >= 15 is 0 Å². The van der Waals surface area contributed by atoms with E-state index in [-0.39, 0.29) is 6.42 Å². The summed E-state index contributed by atoms with van der Waals surface area (Å²) in [6.07, 6.45) is 0.379. The number of hydrogen-bond donors (Lipinski definition) is 1. The van der Waals surface area contributed by atoms with Gasteiger partial charge in [0.25, 0.3) is 0 Å². The second-order valence-electron chi connectivity index (χ2n) is 7.02. The molecule has 24 heavy (non-hydrogen) atoms. The van der Waals surface area contributed by atoms with E-state index in [0.717, 1.165) is 0 Å². The third-order valence-corrected chi connectivity index (χ3v) is 4.12. The van der Waals surface area contributed by atoms with Crippen LogP contribution >= 0.6 is 0 Å². The maximum atomic E-state index is 12.5. The van der Waals surface area contributed by atoms with Crippen molar-refractivity contribution in [2.75, 3.05) is 6.54 Å². The number of carbonyl (C=O) groups excluding carboxylic acids is 1. The lowest BCUT2D eigenvalue weighted by molar-refractivity contribution is -0.149. The molecule has 0 saturated carbocycles. The van der Waals surface area contributed by atoms with Crippen molar-refractivity contribution in [2.45, 2.75) is 51.2 Å². The van der Waals surface area contributed by atoms with E-state index < -0.39 is 23.2 Å². The van der Waals surface area contributed by atoms with Crippen LogP contribution in [0.15, 0.2) is 24.3 Å². The maximum Gasteiger partial charge on any atom is 0.411 e. The van der Waals surface area contributed by atoms with E-state index in [0.29, 0.717) is 30.5 Å². The highest BCUT2D eigenvalue weighted by molar-refractivity contribution is 5.85. The lowest BCUT2D eigenvalue weighted by Gasteiger charge is -2.36. The minimum Gasteiger partial charge on any atom is -0.479 e. The fourth-order valence-corrected chi connectivity index (χ4v) is 3.04. The van der Waals surface area contributed by atoms with Crippen molar-refractivity contribution in [2.24, 2.45) is 0 Å². The van der Waals surface area contributed by atoms with Crippen molar-refractivity contribution in [3.8, 4) is 6.07 Å². The average molecular weight is 330 g/mol.